The summed E-state index contributed by atoms with van der Waals surface area (Å²) in [4.78, 5) is 12.2. The molecule has 122 valence electrons. The van der Waals surface area contributed by atoms with Gasteiger partial charge in [0.25, 0.3) is 0 Å². The van der Waals surface area contributed by atoms with E-state index >= 15 is 0 Å². The smallest absolute Gasteiger partial charge is 0.225 e. The number of benzene rings is 1. The number of anilines is 1. The first-order valence-electron chi connectivity index (χ1n) is 8.67. The minimum Gasteiger partial charge on any atom is -0.326 e. The van der Waals surface area contributed by atoms with Crippen molar-refractivity contribution >= 4 is 11.6 Å². The highest BCUT2D eigenvalue weighted by Crippen LogP contribution is 2.22. The molecule has 1 amide bonds. The second-order valence-electron chi connectivity index (χ2n) is 6.71. The largest absolute Gasteiger partial charge is 0.326 e. The van der Waals surface area contributed by atoms with Crippen LogP contribution in [0.5, 0.6) is 0 Å². The summed E-state index contributed by atoms with van der Waals surface area (Å²) in [7, 11) is 0. The van der Waals surface area contributed by atoms with Gasteiger partial charge < -0.3 is 10.6 Å². The number of carbonyl (C=O) groups is 1. The number of rotatable bonds is 5. The number of amides is 1. The molecule has 0 saturated heterocycles. The zero-order chi connectivity index (χ0) is 15.9. The Kier molecular flexibility index (Phi) is 6.44. The molecule has 1 aliphatic rings. The maximum absolute atomic E-state index is 12.2. The molecule has 1 aromatic rings. The van der Waals surface area contributed by atoms with E-state index in [0.717, 1.165) is 23.4 Å². The predicted molar refractivity (Wildman–Crippen MR) is 93.4 cm³/mol. The van der Waals surface area contributed by atoms with Gasteiger partial charge in [-0.15, -0.1) is 0 Å². The molecule has 3 nitrogen and oxygen atoms in total. The molecule has 3 heteroatoms. The highest BCUT2D eigenvalue weighted by molar-refractivity contribution is 5.92. The van der Waals surface area contributed by atoms with Crippen molar-refractivity contribution in [2.45, 2.75) is 71.8 Å². The van der Waals surface area contributed by atoms with Gasteiger partial charge in [-0.25, -0.2) is 0 Å². The summed E-state index contributed by atoms with van der Waals surface area (Å²) in [6.07, 6.45) is 8.45. The summed E-state index contributed by atoms with van der Waals surface area (Å²) in [5.41, 5.74) is 4.50. The maximum Gasteiger partial charge on any atom is 0.225 e. The van der Waals surface area contributed by atoms with Gasteiger partial charge in [-0.05, 0) is 44.7 Å². The molecular formula is C19H30N2O. The molecule has 2 N–H and O–H groups in total. The lowest BCUT2D eigenvalue weighted by Gasteiger charge is -2.16. The Morgan fingerprint density at radius 2 is 1.64 bits per heavy atom. The van der Waals surface area contributed by atoms with Crippen molar-refractivity contribution in [3.05, 3.63) is 28.8 Å². The normalized spacial score (nSPS) is 16.3. The average molecular weight is 302 g/mol. The summed E-state index contributed by atoms with van der Waals surface area (Å²) in [5.74, 6) is 0.108. The third kappa shape index (κ3) is 5.13. The van der Waals surface area contributed by atoms with Gasteiger partial charge in [-0.1, -0.05) is 43.4 Å². The van der Waals surface area contributed by atoms with Gasteiger partial charge in [0.2, 0.25) is 5.91 Å². The molecule has 0 atom stereocenters. The van der Waals surface area contributed by atoms with E-state index in [1.807, 2.05) is 0 Å². The minimum atomic E-state index is 0.108. The first-order valence-corrected chi connectivity index (χ1v) is 8.67. The molecule has 1 fully saturated rings. The molecule has 0 radical (unpaired) electrons. The van der Waals surface area contributed by atoms with Gasteiger partial charge in [-0.3, -0.25) is 4.79 Å². The van der Waals surface area contributed by atoms with Crippen molar-refractivity contribution in [3.8, 4) is 0 Å². The molecule has 0 spiro atoms. The van der Waals surface area contributed by atoms with Crippen LogP contribution in [0.1, 0.15) is 61.6 Å². The number of hydrogen-bond acceptors (Lipinski definition) is 2. The topological polar surface area (TPSA) is 41.1 Å². The molecule has 1 saturated carbocycles. The molecule has 22 heavy (non-hydrogen) atoms. The first-order chi connectivity index (χ1) is 10.6. The zero-order valence-corrected chi connectivity index (χ0v) is 14.3. The van der Waals surface area contributed by atoms with Gasteiger partial charge >= 0.3 is 0 Å². The highest BCUT2D eigenvalue weighted by Gasteiger charge is 2.12. The summed E-state index contributed by atoms with van der Waals surface area (Å²) >= 11 is 0. The SMILES string of the molecule is Cc1cc(C)c(NC(=O)CCNC2CCCCCC2)c(C)c1. The van der Waals surface area contributed by atoms with Crippen LogP contribution in [0.3, 0.4) is 0 Å². The van der Waals surface area contributed by atoms with E-state index in [2.05, 4.69) is 43.5 Å². The van der Waals surface area contributed by atoms with Crippen molar-refractivity contribution in [2.24, 2.45) is 0 Å². The van der Waals surface area contributed by atoms with Crippen molar-refractivity contribution in [1.29, 1.82) is 0 Å². The van der Waals surface area contributed by atoms with Gasteiger partial charge in [0.15, 0.2) is 0 Å². The summed E-state index contributed by atoms with van der Waals surface area (Å²) in [5, 5.41) is 6.63. The highest BCUT2D eigenvalue weighted by atomic mass is 16.1. The molecule has 0 aromatic heterocycles. The Balaban J connectivity index is 1.78. The second-order valence-corrected chi connectivity index (χ2v) is 6.71. The van der Waals surface area contributed by atoms with Crippen molar-refractivity contribution < 1.29 is 4.79 Å². The van der Waals surface area contributed by atoms with Crippen LogP contribution >= 0.6 is 0 Å². The van der Waals surface area contributed by atoms with Crippen LogP contribution in [0, 0.1) is 20.8 Å². The maximum atomic E-state index is 12.2. The Morgan fingerprint density at radius 3 is 2.23 bits per heavy atom. The summed E-state index contributed by atoms with van der Waals surface area (Å²) < 4.78 is 0. The number of aryl methyl sites for hydroxylation is 3. The molecule has 0 bridgehead atoms. The van der Waals surface area contributed by atoms with Crippen LogP contribution in [0.25, 0.3) is 0 Å². The Bertz CT molecular complexity index is 479. The minimum absolute atomic E-state index is 0.108. The molecule has 0 aliphatic heterocycles. The van der Waals surface area contributed by atoms with Crippen LogP contribution in [-0.4, -0.2) is 18.5 Å². The number of carbonyl (C=O) groups excluding carboxylic acids is 1. The molecule has 1 aliphatic carbocycles. The van der Waals surface area contributed by atoms with E-state index in [9.17, 15) is 4.79 Å². The van der Waals surface area contributed by atoms with Gasteiger partial charge in [0.05, 0.1) is 0 Å². The molecule has 2 rings (SSSR count). The van der Waals surface area contributed by atoms with E-state index in [-0.39, 0.29) is 5.91 Å². The number of hydrogen-bond donors (Lipinski definition) is 2. The van der Waals surface area contributed by atoms with E-state index in [1.165, 1.54) is 44.1 Å². The lowest BCUT2D eigenvalue weighted by molar-refractivity contribution is -0.116. The quantitative estimate of drug-likeness (QED) is 0.798. The molecule has 0 unspecified atom stereocenters. The average Bonchev–Trinajstić information content (AvgIpc) is 2.71. The summed E-state index contributed by atoms with van der Waals surface area (Å²) in [6.45, 7) is 6.97. The van der Waals surface area contributed by atoms with Crippen LogP contribution in [0.4, 0.5) is 5.69 Å². The molecule has 1 aromatic carbocycles. The molecule has 0 heterocycles. The van der Waals surface area contributed by atoms with Crippen LogP contribution in [0.15, 0.2) is 12.1 Å². The third-order valence-electron chi connectivity index (χ3n) is 4.58. The van der Waals surface area contributed by atoms with Crippen molar-refractivity contribution in [2.75, 3.05) is 11.9 Å². The zero-order valence-electron chi connectivity index (χ0n) is 14.3. The van der Waals surface area contributed by atoms with E-state index in [0.29, 0.717) is 12.5 Å². The predicted octanol–water partition coefficient (Wildman–Crippen LogP) is 4.25. The Labute approximate surface area is 134 Å². The lowest BCUT2D eigenvalue weighted by Crippen LogP contribution is -2.31. The Morgan fingerprint density at radius 1 is 1.05 bits per heavy atom. The van der Waals surface area contributed by atoms with Gasteiger partial charge in [0, 0.05) is 24.7 Å². The first kappa shape index (κ1) is 17.0. The van der Waals surface area contributed by atoms with Crippen LogP contribution in [0.2, 0.25) is 0 Å². The molecular weight excluding hydrogens is 272 g/mol. The fraction of sp³-hybridized carbons (Fsp3) is 0.632. The summed E-state index contributed by atoms with van der Waals surface area (Å²) in [6, 6.07) is 4.84. The van der Waals surface area contributed by atoms with Crippen LogP contribution in [-0.2, 0) is 4.79 Å². The standard InChI is InChI=1S/C19H30N2O/c1-14-12-15(2)19(16(3)13-14)21-18(22)10-11-20-17-8-6-4-5-7-9-17/h12-13,17,20H,4-11H2,1-3H3,(H,21,22). The van der Waals surface area contributed by atoms with Crippen molar-refractivity contribution in [1.82, 2.24) is 5.32 Å². The number of nitrogens with one attached hydrogen (secondary N) is 2. The van der Waals surface area contributed by atoms with E-state index in [4.69, 9.17) is 0 Å². The van der Waals surface area contributed by atoms with Crippen molar-refractivity contribution in [3.63, 3.8) is 0 Å². The Hall–Kier alpha value is -1.35. The lowest BCUT2D eigenvalue weighted by atomic mass is 10.0. The van der Waals surface area contributed by atoms with Gasteiger partial charge in [-0.2, -0.15) is 0 Å². The fourth-order valence-corrected chi connectivity index (χ4v) is 3.45. The second kappa shape index (κ2) is 8.33. The van der Waals surface area contributed by atoms with Crippen LogP contribution < -0.4 is 10.6 Å². The third-order valence-corrected chi connectivity index (χ3v) is 4.58. The monoisotopic (exact) mass is 302 g/mol. The van der Waals surface area contributed by atoms with E-state index in [1.54, 1.807) is 0 Å². The van der Waals surface area contributed by atoms with Gasteiger partial charge in [0.1, 0.15) is 0 Å². The van der Waals surface area contributed by atoms with E-state index < -0.39 is 0 Å². The fourth-order valence-electron chi connectivity index (χ4n) is 3.45.